The molecule has 0 bridgehead atoms. The van der Waals surface area contributed by atoms with E-state index in [2.05, 4.69) is 5.32 Å². The summed E-state index contributed by atoms with van der Waals surface area (Å²) in [6, 6.07) is 0.225. The summed E-state index contributed by atoms with van der Waals surface area (Å²) < 4.78 is 0. The number of nitrogens with two attached hydrogens (primary N) is 1. The Hall–Kier alpha value is -0.570. The summed E-state index contributed by atoms with van der Waals surface area (Å²) in [5.74, 6) is 0.834. The first-order chi connectivity index (χ1) is 7.72. The lowest BCUT2D eigenvalue weighted by molar-refractivity contribution is -0.122. The van der Waals surface area contributed by atoms with Crippen LogP contribution in [-0.4, -0.2) is 18.5 Å². The molecule has 0 aromatic carbocycles. The van der Waals surface area contributed by atoms with Crippen molar-refractivity contribution in [2.45, 2.75) is 64.3 Å². The Bertz CT molecular complexity index is 198. The first-order valence-corrected chi connectivity index (χ1v) is 6.71. The zero-order valence-corrected chi connectivity index (χ0v) is 10.5. The number of amides is 1. The number of carbonyl (C=O) groups is 1. The van der Waals surface area contributed by atoms with Gasteiger partial charge in [-0.1, -0.05) is 25.7 Å². The van der Waals surface area contributed by atoms with Crippen molar-refractivity contribution in [3.8, 4) is 0 Å². The van der Waals surface area contributed by atoms with Crippen LogP contribution in [0, 0.1) is 5.92 Å². The molecule has 0 heterocycles. The van der Waals surface area contributed by atoms with Crippen molar-refractivity contribution < 1.29 is 4.79 Å². The summed E-state index contributed by atoms with van der Waals surface area (Å²) in [4.78, 5) is 11.8. The lowest BCUT2D eigenvalue weighted by Gasteiger charge is -2.17. The average molecular weight is 226 g/mol. The minimum absolute atomic E-state index is 0.216. The minimum atomic E-state index is 0.216. The van der Waals surface area contributed by atoms with Crippen molar-refractivity contribution in [1.82, 2.24) is 5.32 Å². The molecule has 1 amide bonds. The second-order valence-corrected chi connectivity index (χ2v) is 5.11. The van der Waals surface area contributed by atoms with Crippen LogP contribution in [0.3, 0.4) is 0 Å². The van der Waals surface area contributed by atoms with E-state index < -0.39 is 0 Å². The SMILES string of the molecule is CC(CCN)NC(=O)CC1CCCCCC1. The number of rotatable bonds is 5. The number of nitrogens with one attached hydrogen (secondary N) is 1. The van der Waals surface area contributed by atoms with Crippen LogP contribution in [0.2, 0.25) is 0 Å². The molecule has 0 aromatic rings. The quantitative estimate of drug-likeness (QED) is 0.706. The van der Waals surface area contributed by atoms with Gasteiger partial charge in [-0.3, -0.25) is 4.79 Å². The maximum absolute atomic E-state index is 11.8. The van der Waals surface area contributed by atoms with E-state index in [0.29, 0.717) is 12.5 Å². The molecule has 1 rings (SSSR count). The van der Waals surface area contributed by atoms with E-state index in [9.17, 15) is 4.79 Å². The third-order valence-corrected chi connectivity index (χ3v) is 3.46. The zero-order chi connectivity index (χ0) is 11.8. The van der Waals surface area contributed by atoms with Gasteiger partial charge in [-0.25, -0.2) is 0 Å². The van der Waals surface area contributed by atoms with Gasteiger partial charge in [-0.05, 0) is 38.6 Å². The first kappa shape index (κ1) is 13.5. The van der Waals surface area contributed by atoms with Crippen molar-refractivity contribution >= 4 is 5.91 Å². The normalized spacial score (nSPS) is 20.1. The van der Waals surface area contributed by atoms with Crippen molar-refractivity contribution in [2.24, 2.45) is 11.7 Å². The fourth-order valence-corrected chi connectivity index (χ4v) is 2.49. The van der Waals surface area contributed by atoms with E-state index in [0.717, 1.165) is 12.8 Å². The predicted octanol–water partition coefficient (Wildman–Crippen LogP) is 2.20. The van der Waals surface area contributed by atoms with Gasteiger partial charge in [0.2, 0.25) is 5.91 Å². The van der Waals surface area contributed by atoms with Crippen molar-refractivity contribution in [1.29, 1.82) is 0 Å². The molecule has 1 fully saturated rings. The molecule has 94 valence electrons. The topological polar surface area (TPSA) is 55.1 Å². The third-order valence-electron chi connectivity index (χ3n) is 3.46. The Morgan fingerprint density at radius 3 is 2.50 bits per heavy atom. The van der Waals surface area contributed by atoms with Gasteiger partial charge < -0.3 is 11.1 Å². The van der Waals surface area contributed by atoms with Crippen LogP contribution in [0.25, 0.3) is 0 Å². The molecule has 1 saturated carbocycles. The van der Waals surface area contributed by atoms with Crippen molar-refractivity contribution in [3.05, 3.63) is 0 Å². The molecular weight excluding hydrogens is 200 g/mol. The van der Waals surface area contributed by atoms with Gasteiger partial charge in [0.1, 0.15) is 0 Å². The van der Waals surface area contributed by atoms with Crippen molar-refractivity contribution in [3.63, 3.8) is 0 Å². The zero-order valence-electron chi connectivity index (χ0n) is 10.5. The standard InChI is InChI=1S/C13H26N2O/c1-11(8-9-14)15-13(16)10-12-6-4-2-3-5-7-12/h11-12H,2-10,14H2,1H3,(H,15,16). The van der Waals surface area contributed by atoms with Crippen molar-refractivity contribution in [2.75, 3.05) is 6.54 Å². The molecule has 0 saturated heterocycles. The number of carbonyl (C=O) groups excluding carboxylic acids is 1. The number of hydrogen-bond donors (Lipinski definition) is 2. The summed E-state index contributed by atoms with van der Waals surface area (Å²) in [6.45, 7) is 2.67. The van der Waals surface area contributed by atoms with Gasteiger partial charge in [0.15, 0.2) is 0 Å². The highest BCUT2D eigenvalue weighted by Crippen LogP contribution is 2.25. The Morgan fingerprint density at radius 2 is 1.94 bits per heavy atom. The highest BCUT2D eigenvalue weighted by atomic mass is 16.1. The maximum atomic E-state index is 11.8. The van der Waals surface area contributed by atoms with Crippen LogP contribution in [0.1, 0.15) is 58.3 Å². The molecule has 16 heavy (non-hydrogen) atoms. The summed E-state index contributed by atoms with van der Waals surface area (Å²) in [5, 5.41) is 3.03. The van der Waals surface area contributed by atoms with E-state index >= 15 is 0 Å². The Balaban J connectivity index is 2.21. The van der Waals surface area contributed by atoms with Crippen LogP contribution < -0.4 is 11.1 Å². The lowest BCUT2D eigenvalue weighted by Crippen LogP contribution is -2.35. The third kappa shape index (κ3) is 5.50. The van der Waals surface area contributed by atoms with Crippen LogP contribution in [0.4, 0.5) is 0 Å². The van der Waals surface area contributed by atoms with Gasteiger partial charge in [0.05, 0.1) is 0 Å². The fourth-order valence-electron chi connectivity index (χ4n) is 2.49. The fraction of sp³-hybridized carbons (Fsp3) is 0.923. The van der Waals surface area contributed by atoms with Gasteiger partial charge in [0, 0.05) is 12.5 Å². The van der Waals surface area contributed by atoms with Gasteiger partial charge in [-0.15, -0.1) is 0 Å². The van der Waals surface area contributed by atoms with E-state index in [-0.39, 0.29) is 11.9 Å². The van der Waals surface area contributed by atoms with Gasteiger partial charge >= 0.3 is 0 Å². The molecule has 0 spiro atoms. The van der Waals surface area contributed by atoms with Crippen LogP contribution >= 0.6 is 0 Å². The molecule has 3 nitrogen and oxygen atoms in total. The first-order valence-electron chi connectivity index (χ1n) is 6.71. The Kier molecular flexibility index (Phi) is 6.46. The smallest absolute Gasteiger partial charge is 0.220 e. The average Bonchev–Trinajstić information content (AvgIpc) is 2.46. The van der Waals surface area contributed by atoms with Gasteiger partial charge in [-0.2, -0.15) is 0 Å². The van der Waals surface area contributed by atoms with Crippen LogP contribution in [0.5, 0.6) is 0 Å². The molecule has 0 radical (unpaired) electrons. The Morgan fingerprint density at radius 1 is 1.31 bits per heavy atom. The summed E-state index contributed by atoms with van der Waals surface area (Å²) in [5.41, 5.74) is 5.46. The van der Waals surface area contributed by atoms with E-state index in [1.807, 2.05) is 6.92 Å². The van der Waals surface area contributed by atoms with E-state index in [1.165, 1.54) is 38.5 Å². The molecule has 1 aliphatic carbocycles. The monoisotopic (exact) mass is 226 g/mol. The summed E-state index contributed by atoms with van der Waals surface area (Å²) >= 11 is 0. The number of hydrogen-bond acceptors (Lipinski definition) is 2. The molecular formula is C13H26N2O. The molecule has 3 N–H and O–H groups in total. The van der Waals surface area contributed by atoms with E-state index in [4.69, 9.17) is 5.73 Å². The second kappa shape index (κ2) is 7.66. The highest BCUT2D eigenvalue weighted by Gasteiger charge is 2.16. The summed E-state index contributed by atoms with van der Waals surface area (Å²) in [6.07, 6.45) is 9.36. The molecule has 1 unspecified atom stereocenters. The molecule has 3 heteroatoms. The maximum Gasteiger partial charge on any atom is 0.220 e. The highest BCUT2D eigenvalue weighted by molar-refractivity contribution is 5.76. The molecule has 1 atom stereocenters. The molecule has 0 aromatic heterocycles. The molecule has 1 aliphatic rings. The van der Waals surface area contributed by atoms with Crippen LogP contribution in [0.15, 0.2) is 0 Å². The summed E-state index contributed by atoms with van der Waals surface area (Å²) in [7, 11) is 0. The predicted molar refractivity (Wildman–Crippen MR) is 67.1 cm³/mol. The minimum Gasteiger partial charge on any atom is -0.354 e. The Labute approximate surface area is 99.2 Å². The largest absolute Gasteiger partial charge is 0.354 e. The van der Waals surface area contributed by atoms with E-state index in [1.54, 1.807) is 0 Å². The molecule has 0 aliphatic heterocycles. The second-order valence-electron chi connectivity index (χ2n) is 5.11. The lowest BCUT2D eigenvalue weighted by atomic mass is 9.96. The van der Waals surface area contributed by atoms with Gasteiger partial charge in [0.25, 0.3) is 0 Å². The van der Waals surface area contributed by atoms with Crippen LogP contribution in [-0.2, 0) is 4.79 Å².